The van der Waals surface area contributed by atoms with E-state index >= 15 is 0 Å². The van der Waals surface area contributed by atoms with Gasteiger partial charge in [0.1, 0.15) is 5.82 Å². The SMILES string of the molecule is O=C(NCc1ccc(F)cc1)c1cncc(NCc2ccncc2)c1. The molecule has 0 atom stereocenters. The van der Waals surface area contributed by atoms with Crippen LogP contribution in [-0.2, 0) is 13.1 Å². The van der Waals surface area contributed by atoms with Crippen LogP contribution in [0.3, 0.4) is 0 Å². The lowest BCUT2D eigenvalue weighted by Crippen LogP contribution is -2.23. The van der Waals surface area contributed by atoms with Crippen LogP contribution in [0.5, 0.6) is 0 Å². The number of halogens is 1. The van der Waals surface area contributed by atoms with Gasteiger partial charge in [-0.3, -0.25) is 14.8 Å². The molecule has 0 unspecified atom stereocenters. The molecule has 2 N–H and O–H groups in total. The van der Waals surface area contributed by atoms with E-state index in [2.05, 4.69) is 20.6 Å². The van der Waals surface area contributed by atoms with Crippen molar-refractivity contribution in [3.8, 4) is 0 Å². The van der Waals surface area contributed by atoms with Crippen LogP contribution in [0.15, 0.2) is 67.3 Å². The number of nitrogens with one attached hydrogen (secondary N) is 2. The maximum Gasteiger partial charge on any atom is 0.253 e. The lowest BCUT2D eigenvalue weighted by Gasteiger charge is -2.09. The van der Waals surface area contributed by atoms with Crippen LogP contribution < -0.4 is 10.6 Å². The Balaban J connectivity index is 1.58. The Bertz CT molecular complexity index is 838. The summed E-state index contributed by atoms with van der Waals surface area (Å²) in [6.45, 7) is 0.943. The predicted octanol–water partition coefficient (Wildman–Crippen LogP) is 3.16. The maximum atomic E-state index is 12.9. The fourth-order valence-corrected chi connectivity index (χ4v) is 2.25. The Labute approximate surface area is 145 Å². The average molecular weight is 336 g/mol. The number of pyridine rings is 2. The number of carbonyl (C=O) groups is 1. The van der Waals surface area contributed by atoms with E-state index in [4.69, 9.17) is 0 Å². The molecule has 6 heteroatoms. The molecule has 5 nitrogen and oxygen atoms in total. The Kier molecular flexibility index (Phi) is 5.31. The van der Waals surface area contributed by atoms with Gasteiger partial charge in [-0.15, -0.1) is 0 Å². The predicted molar refractivity (Wildman–Crippen MR) is 93.4 cm³/mol. The second kappa shape index (κ2) is 8.01. The molecule has 0 radical (unpaired) electrons. The normalized spacial score (nSPS) is 10.3. The van der Waals surface area contributed by atoms with Gasteiger partial charge in [-0.2, -0.15) is 0 Å². The van der Waals surface area contributed by atoms with Crippen LogP contribution in [0.2, 0.25) is 0 Å². The number of amides is 1. The quantitative estimate of drug-likeness (QED) is 0.726. The fraction of sp³-hybridized carbons (Fsp3) is 0.105. The number of anilines is 1. The number of rotatable bonds is 6. The molecule has 1 amide bonds. The van der Waals surface area contributed by atoms with Gasteiger partial charge in [0.15, 0.2) is 0 Å². The summed E-state index contributed by atoms with van der Waals surface area (Å²) in [6, 6.07) is 11.6. The lowest BCUT2D eigenvalue weighted by atomic mass is 10.2. The monoisotopic (exact) mass is 336 g/mol. The minimum atomic E-state index is -0.299. The smallest absolute Gasteiger partial charge is 0.253 e. The van der Waals surface area contributed by atoms with E-state index in [9.17, 15) is 9.18 Å². The second-order valence-electron chi connectivity index (χ2n) is 5.48. The van der Waals surface area contributed by atoms with Crippen molar-refractivity contribution < 1.29 is 9.18 Å². The number of benzene rings is 1. The van der Waals surface area contributed by atoms with Crippen molar-refractivity contribution in [1.29, 1.82) is 0 Å². The molecule has 0 aliphatic heterocycles. The standard InChI is InChI=1S/C19H17FN4O/c20-17-3-1-14(2-4-17)11-24-19(25)16-9-18(13-22-12-16)23-10-15-5-7-21-8-6-15/h1-9,12-13,23H,10-11H2,(H,24,25). The molecule has 0 bridgehead atoms. The molecule has 0 saturated heterocycles. The zero-order chi connectivity index (χ0) is 17.5. The van der Waals surface area contributed by atoms with Crippen LogP contribution >= 0.6 is 0 Å². The van der Waals surface area contributed by atoms with Crippen molar-refractivity contribution >= 4 is 11.6 Å². The summed E-state index contributed by atoms with van der Waals surface area (Å²) in [4.78, 5) is 20.3. The summed E-state index contributed by atoms with van der Waals surface area (Å²) in [5.74, 6) is -0.531. The summed E-state index contributed by atoms with van der Waals surface area (Å²) in [5.41, 5.74) is 3.13. The van der Waals surface area contributed by atoms with Crippen molar-refractivity contribution in [2.24, 2.45) is 0 Å². The first kappa shape index (κ1) is 16.6. The Morgan fingerprint density at radius 3 is 2.40 bits per heavy atom. The number of hydrogen-bond donors (Lipinski definition) is 2. The van der Waals surface area contributed by atoms with Gasteiger partial charge in [-0.1, -0.05) is 12.1 Å². The third-order valence-electron chi connectivity index (χ3n) is 3.61. The van der Waals surface area contributed by atoms with Crippen molar-refractivity contribution in [3.63, 3.8) is 0 Å². The van der Waals surface area contributed by atoms with Crippen LogP contribution in [0.1, 0.15) is 21.5 Å². The number of hydrogen-bond acceptors (Lipinski definition) is 4. The van der Waals surface area contributed by atoms with Gasteiger partial charge < -0.3 is 10.6 Å². The Morgan fingerprint density at radius 1 is 0.920 bits per heavy atom. The third kappa shape index (κ3) is 4.84. The Hall–Kier alpha value is -3.28. The minimum absolute atomic E-state index is 0.232. The molecular weight excluding hydrogens is 319 g/mol. The third-order valence-corrected chi connectivity index (χ3v) is 3.61. The zero-order valence-electron chi connectivity index (χ0n) is 13.4. The molecule has 0 spiro atoms. The van der Waals surface area contributed by atoms with Gasteiger partial charge in [0, 0.05) is 37.9 Å². The minimum Gasteiger partial charge on any atom is -0.380 e. The van der Waals surface area contributed by atoms with E-state index in [0.717, 1.165) is 16.8 Å². The summed E-state index contributed by atoms with van der Waals surface area (Å²) in [7, 11) is 0. The molecule has 0 aliphatic carbocycles. The highest BCUT2D eigenvalue weighted by Gasteiger charge is 2.07. The summed E-state index contributed by atoms with van der Waals surface area (Å²) in [5, 5.41) is 6.02. The molecule has 3 rings (SSSR count). The van der Waals surface area contributed by atoms with Gasteiger partial charge in [-0.25, -0.2) is 4.39 Å². The highest BCUT2D eigenvalue weighted by atomic mass is 19.1. The number of aromatic nitrogens is 2. The van der Waals surface area contributed by atoms with Crippen molar-refractivity contribution in [2.45, 2.75) is 13.1 Å². The average Bonchev–Trinajstić information content (AvgIpc) is 2.67. The van der Waals surface area contributed by atoms with Crippen LogP contribution in [0.4, 0.5) is 10.1 Å². The van der Waals surface area contributed by atoms with E-state index in [-0.39, 0.29) is 11.7 Å². The maximum absolute atomic E-state index is 12.9. The largest absolute Gasteiger partial charge is 0.380 e. The lowest BCUT2D eigenvalue weighted by molar-refractivity contribution is 0.0950. The molecular formula is C19H17FN4O. The summed E-state index contributed by atoms with van der Waals surface area (Å²) >= 11 is 0. The number of nitrogens with zero attached hydrogens (tertiary/aromatic N) is 2. The summed E-state index contributed by atoms with van der Waals surface area (Å²) in [6.07, 6.45) is 6.64. The molecule has 0 fully saturated rings. The molecule has 0 aliphatic rings. The van der Waals surface area contributed by atoms with E-state index in [0.29, 0.717) is 18.7 Å². The van der Waals surface area contributed by atoms with Gasteiger partial charge >= 0.3 is 0 Å². The molecule has 1 aromatic carbocycles. The van der Waals surface area contributed by atoms with E-state index < -0.39 is 0 Å². The van der Waals surface area contributed by atoms with Gasteiger partial charge in [0.05, 0.1) is 11.3 Å². The summed E-state index contributed by atoms with van der Waals surface area (Å²) < 4.78 is 12.9. The fourth-order valence-electron chi connectivity index (χ4n) is 2.25. The highest BCUT2D eigenvalue weighted by molar-refractivity contribution is 5.94. The Morgan fingerprint density at radius 2 is 1.64 bits per heavy atom. The highest BCUT2D eigenvalue weighted by Crippen LogP contribution is 2.11. The van der Waals surface area contributed by atoms with Crippen molar-refractivity contribution in [2.75, 3.05) is 5.32 Å². The van der Waals surface area contributed by atoms with Crippen LogP contribution in [0.25, 0.3) is 0 Å². The molecule has 0 saturated carbocycles. The van der Waals surface area contributed by atoms with E-state index in [1.54, 1.807) is 36.8 Å². The molecule has 2 aromatic heterocycles. The van der Waals surface area contributed by atoms with Crippen molar-refractivity contribution in [1.82, 2.24) is 15.3 Å². The molecule has 3 aromatic rings. The first-order valence-electron chi connectivity index (χ1n) is 7.81. The van der Waals surface area contributed by atoms with Crippen LogP contribution in [-0.4, -0.2) is 15.9 Å². The first-order valence-corrected chi connectivity index (χ1v) is 7.81. The van der Waals surface area contributed by atoms with Gasteiger partial charge in [0.25, 0.3) is 5.91 Å². The van der Waals surface area contributed by atoms with E-state index in [1.165, 1.54) is 18.3 Å². The molecule has 2 heterocycles. The first-order chi connectivity index (χ1) is 12.2. The van der Waals surface area contributed by atoms with E-state index in [1.807, 2.05) is 12.1 Å². The van der Waals surface area contributed by atoms with Gasteiger partial charge in [-0.05, 0) is 41.5 Å². The topological polar surface area (TPSA) is 66.9 Å². The number of carbonyl (C=O) groups excluding carboxylic acids is 1. The van der Waals surface area contributed by atoms with Crippen LogP contribution in [0, 0.1) is 5.82 Å². The molecule has 25 heavy (non-hydrogen) atoms. The molecule has 126 valence electrons. The second-order valence-corrected chi connectivity index (χ2v) is 5.48. The van der Waals surface area contributed by atoms with Crippen molar-refractivity contribution in [3.05, 3.63) is 89.8 Å². The van der Waals surface area contributed by atoms with Gasteiger partial charge in [0.2, 0.25) is 0 Å². The zero-order valence-corrected chi connectivity index (χ0v) is 13.4.